The number of hydrazone groups is 1. The molecule has 3 rings (SSSR count). The highest BCUT2D eigenvalue weighted by Crippen LogP contribution is 2.21. The maximum atomic E-state index is 11.8. The Morgan fingerprint density at radius 1 is 1.12 bits per heavy atom. The fourth-order valence-electron chi connectivity index (χ4n) is 2.29. The monoisotopic (exact) mass is 326 g/mol. The summed E-state index contributed by atoms with van der Waals surface area (Å²) in [7, 11) is 1.61. The van der Waals surface area contributed by atoms with E-state index in [-0.39, 0.29) is 12.5 Å². The Morgan fingerprint density at radius 3 is 2.42 bits per heavy atom. The largest absolute Gasteiger partial charge is 0.497 e. The van der Waals surface area contributed by atoms with E-state index in [1.54, 1.807) is 31.4 Å². The zero-order valence-electron chi connectivity index (χ0n) is 13.5. The van der Waals surface area contributed by atoms with Crippen molar-refractivity contribution in [2.45, 2.75) is 13.2 Å². The first-order chi connectivity index (χ1) is 11.7. The summed E-state index contributed by atoms with van der Waals surface area (Å²) in [6.45, 7) is 1.62. The summed E-state index contributed by atoms with van der Waals surface area (Å²) >= 11 is 0. The maximum Gasteiger partial charge on any atom is 0.243 e. The first kappa shape index (κ1) is 15.9. The van der Waals surface area contributed by atoms with Gasteiger partial charge in [0.15, 0.2) is 0 Å². The van der Waals surface area contributed by atoms with Crippen LogP contribution in [0.5, 0.6) is 11.5 Å². The summed E-state index contributed by atoms with van der Waals surface area (Å²) in [6.07, 6.45) is -0.597. The number of hydrogen-bond acceptors (Lipinski definition) is 5. The lowest BCUT2D eigenvalue weighted by atomic mass is 10.2. The maximum absolute atomic E-state index is 11.8. The highest BCUT2D eigenvalue weighted by molar-refractivity contribution is 5.96. The molecule has 1 heterocycles. The summed E-state index contributed by atoms with van der Waals surface area (Å²) in [5.41, 5.74) is 0.815. The molecule has 0 N–H and O–H groups in total. The molecule has 24 heavy (non-hydrogen) atoms. The molecule has 0 fully saturated rings. The molecule has 6 nitrogen and oxygen atoms in total. The average Bonchev–Trinajstić information content (AvgIpc) is 3.06. The molecule has 0 saturated carbocycles. The number of carbonyl (C=O) groups excluding carboxylic acids is 1. The van der Waals surface area contributed by atoms with Crippen LogP contribution in [0.4, 0.5) is 0 Å². The van der Waals surface area contributed by atoms with E-state index in [0.717, 1.165) is 11.3 Å². The van der Waals surface area contributed by atoms with Gasteiger partial charge in [0.1, 0.15) is 18.1 Å². The highest BCUT2D eigenvalue weighted by atomic mass is 16.6. The van der Waals surface area contributed by atoms with Crippen LogP contribution in [0.15, 0.2) is 59.7 Å². The minimum absolute atomic E-state index is 0.172. The van der Waals surface area contributed by atoms with Gasteiger partial charge in [-0.15, -0.1) is 5.10 Å². The molecule has 0 radical (unpaired) electrons. The smallest absolute Gasteiger partial charge is 0.243 e. The lowest BCUT2D eigenvalue weighted by Crippen LogP contribution is -2.36. The van der Waals surface area contributed by atoms with Crippen molar-refractivity contribution in [2.24, 2.45) is 5.10 Å². The third kappa shape index (κ3) is 3.48. The van der Waals surface area contributed by atoms with Crippen LogP contribution in [0.1, 0.15) is 12.5 Å². The molecule has 124 valence electrons. The van der Waals surface area contributed by atoms with E-state index in [2.05, 4.69) is 5.10 Å². The second kappa shape index (κ2) is 7.04. The Balaban J connectivity index is 1.67. The van der Waals surface area contributed by atoms with Gasteiger partial charge >= 0.3 is 0 Å². The number of ether oxygens (including phenoxy) is 3. The number of hydrogen-bond donors (Lipinski definition) is 0. The predicted molar refractivity (Wildman–Crippen MR) is 88.9 cm³/mol. The van der Waals surface area contributed by atoms with Gasteiger partial charge in [0.25, 0.3) is 0 Å². The predicted octanol–water partition coefficient (Wildman–Crippen LogP) is 2.64. The molecule has 0 spiro atoms. The molecule has 0 aromatic heterocycles. The quantitative estimate of drug-likeness (QED) is 0.847. The number of nitrogens with zero attached hydrogens (tertiary/aromatic N) is 2. The van der Waals surface area contributed by atoms with Gasteiger partial charge in [0.05, 0.1) is 7.11 Å². The number of carbonyl (C=O) groups is 1. The van der Waals surface area contributed by atoms with Crippen molar-refractivity contribution in [1.29, 1.82) is 0 Å². The average molecular weight is 326 g/mol. The van der Waals surface area contributed by atoms with Gasteiger partial charge in [0, 0.05) is 12.5 Å². The van der Waals surface area contributed by atoms with Crippen LogP contribution < -0.4 is 9.47 Å². The van der Waals surface area contributed by atoms with Crippen LogP contribution in [0.2, 0.25) is 0 Å². The van der Waals surface area contributed by atoms with Gasteiger partial charge < -0.3 is 14.2 Å². The molecule has 6 heteroatoms. The fraction of sp³-hybridized carbons (Fsp3) is 0.222. The SMILES string of the molecule is COc1ccc(OCC2OC(c3ccccc3)=NN2C(C)=O)cc1. The number of amides is 1. The van der Waals surface area contributed by atoms with Gasteiger partial charge in [-0.05, 0) is 36.4 Å². The van der Waals surface area contributed by atoms with E-state index in [0.29, 0.717) is 11.6 Å². The summed E-state index contributed by atoms with van der Waals surface area (Å²) in [6, 6.07) is 16.6. The molecular weight excluding hydrogens is 308 g/mol. The van der Waals surface area contributed by atoms with Crippen LogP contribution in [-0.4, -0.2) is 36.8 Å². The van der Waals surface area contributed by atoms with Gasteiger partial charge in [-0.3, -0.25) is 4.79 Å². The Kier molecular flexibility index (Phi) is 4.65. The zero-order chi connectivity index (χ0) is 16.9. The molecule has 1 aliphatic heterocycles. The second-order valence-corrected chi connectivity index (χ2v) is 5.19. The highest BCUT2D eigenvalue weighted by Gasteiger charge is 2.32. The minimum atomic E-state index is -0.597. The van der Waals surface area contributed by atoms with Gasteiger partial charge in [0.2, 0.25) is 18.0 Å². The van der Waals surface area contributed by atoms with Gasteiger partial charge in [-0.1, -0.05) is 18.2 Å². The first-order valence-electron chi connectivity index (χ1n) is 7.54. The van der Waals surface area contributed by atoms with Crippen LogP contribution in [-0.2, 0) is 9.53 Å². The van der Waals surface area contributed by atoms with Crippen LogP contribution in [0, 0.1) is 0 Å². The molecule has 0 saturated heterocycles. The van der Waals surface area contributed by atoms with Crippen LogP contribution in [0.3, 0.4) is 0 Å². The molecule has 1 unspecified atom stereocenters. The summed E-state index contributed by atoms with van der Waals surface area (Å²) in [5, 5.41) is 5.55. The third-order valence-corrected chi connectivity index (χ3v) is 3.51. The Labute approximate surface area is 140 Å². The second-order valence-electron chi connectivity index (χ2n) is 5.19. The first-order valence-corrected chi connectivity index (χ1v) is 7.54. The minimum Gasteiger partial charge on any atom is -0.497 e. The van der Waals surface area contributed by atoms with Gasteiger partial charge in [-0.25, -0.2) is 0 Å². The topological polar surface area (TPSA) is 60.4 Å². The summed E-state index contributed by atoms with van der Waals surface area (Å²) < 4.78 is 16.6. The lowest BCUT2D eigenvalue weighted by Gasteiger charge is -2.19. The Morgan fingerprint density at radius 2 is 1.79 bits per heavy atom. The van der Waals surface area contributed by atoms with Crippen molar-refractivity contribution >= 4 is 11.8 Å². The van der Waals surface area contributed by atoms with Crippen molar-refractivity contribution in [1.82, 2.24) is 5.01 Å². The summed E-state index contributed by atoms with van der Waals surface area (Å²) in [4.78, 5) is 11.8. The van der Waals surface area contributed by atoms with E-state index in [4.69, 9.17) is 14.2 Å². The van der Waals surface area contributed by atoms with Crippen LogP contribution in [0.25, 0.3) is 0 Å². The zero-order valence-corrected chi connectivity index (χ0v) is 13.5. The van der Waals surface area contributed by atoms with Crippen molar-refractivity contribution in [2.75, 3.05) is 13.7 Å². The number of rotatable bonds is 5. The van der Waals surface area contributed by atoms with E-state index < -0.39 is 6.23 Å². The van der Waals surface area contributed by atoms with Crippen LogP contribution >= 0.6 is 0 Å². The summed E-state index contributed by atoms with van der Waals surface area (Å²) in [5.74, 6) is 1.62. The molecule has 1 atom stereocenters. The van der Waals surface area contributed by atoms with Crippen molar-refractivity contribution < 1.29 is 19.0 Å². The molecule has 2 aromatic carbocycles. The normalized spacial score (nSPS) is 16.3. The molecule has 1 aliphatic rings. The fourth-order valence-corrected chi connectivity index (χ4v) is 2.29. The van der Waals surface area contributed by atoms with Crippen molar-refractivity contribution in [3.63, 3.8) is 0 Å². The number of benzene rings is 2. The molecule has 0 aliphatic carbocycles. The third-order valence-electron chi connectivity index (χ3n) is 3.51. The molecule has 0 bridgehead atoms. The molecular formula is C18H18N2O4. The van der Waals surface area contributed by atoms with Crippen molar-refractivity contribution in [3.8, 4) is 11.5 Å². The standard InChI is InChI=1S/C18H18N2O4/c1-13(21)20-17(12-23-16-10-8-15(22-2)9-11-16)24-18(19-20)14-6-4-3-5-7-14/h3-11,17H,12H2,1-2H3. The number of methoxy groups -OCH3 is 1. The molecule has 1 amide bonds. The van der Waals surface area contributed by atoms with E-state index in [1.807, 2.05) is 30.3 Å². The Hall–Kier alpha value is -3.02. The van der Waals surface area contributed by atoms with E-state index >= 15 is 0 Å². The Bertz CT molecular complexity index is 728. The van der Waals surface area contributed by atoms with Crippen molar-refractivity contribution in [3.05, 3.63) is 60.2 Å². The van der Waals surface area contributed by atoms with E-state index in [9.17, 15) is 4.79 Å². The van der Waals surface area contributed by atoms with E-state index in [1.165, 1.54) is 11.9 Å². The van der Waals surface area contributed by atoms with Gasteiger partial charge in [-0.2, -0.15) is 5.01 Å². The lowest BCUT2D eigenvalue weighted by molar-refractivity contribution is -0.136. The molecule has 2 aromatic rings.